The largest absolute Gasteiger partial charge is 0.462 e. The van der Waals surface area contributed by atoms with Crippen molar-refractivity contribution in [1.29, 1.82) is 0 Å². The zero-order valence-corrected chi connectivity index (χ0v) is 14.2. The number of carbonyl (C=O) groups excluding carboxylic acids is 2. The number of ether oxygens (including phenoxy) is 1. The molecule has 0 atom stereocenters. The van der Waals surface area contributed by atoms with E-state index in [9.17, 15) is 14.4 Å². The number of anilines is 1. The molecule has 7 nitrogen and oxygen atoms in total. The molecule has 25 heavy (non-hydrogen) atoms. The fourth-order valence-electron chi connectivity index (χ4n) is 2.15. The standard InChI is InChI=1S/C17H15N3O4S/c1-2-8-24-16(23)11-3-5-12(6-4-11)19-14(21)13-10-18-17-20(15(13)22)7-9-25-17/h3-7,9-10H,2,8H2,1H3,(H,19,21). The Hall–Kier alpha value is -3.00. The average Bonchev–Trinajstić information content (AvgIpc) is 3.10. The summed E-state index contributed by atoms with van der Waals surface area (Å²) >= 11 is 1.31. The van der Waals surface area contributed by atoms with Gasteiger partial charge in [-0.3, -0.25) is 14.0 Å². The Bertz CT molecular complexity index is 975. The predicted molar refractivity (Wildman–Crippen MR) is 94.3 cm³/mol. The van der Waals surface area contributed by atoms with Crippen molar-refractivity contribution >= 4 is 33.9 Å². The van der Waals surface area contributed by atoms with Crippen molar-refractivity contribution in [2.24, 2.45) is 0 Å². The molecule has 0 saturated heterocycles. The van der Waals surface area contributed by atoms with E-state index in [-0.39, 0.29) is 5.56 Å². The number of nitrogens with one attached hydrogen (secondary N) is 1. The third-order valence-electron chi connectivity index (χ3n) is 3.40. The van der Waals surface area contributed by atoms with Crippen molar-refractivity contribution in [3.05, 3.63) is 63.5 Å². The molecular weight excluding hydrogens is 342 g/mol. The zero-order chi connectivity index (χ0) is 17.8. The molecular formula is C17H15N3O4S. The van der Waals surface area contributed by atoms with Crippen molar-refractivity contribution in [1.82, 2.24) is 9.38 Å². The second-order valence-electron chi connectivity index (χ2n) is 5.20. The lowest BCUT2D eigenvalue weighted by molar-refractivity contribution is 0.0505. The summed E-state index contributed by atoms with van der Waals surface area (Å²) in [5, 5.41) is 4.35. The predicted octanol–water partition coefficient (Wildman–Crippen LogP) is 2.58. The molecule has 3 aromatic rings. The molecule has 1 amide bonds. The summed E-state index contributed by atoms with van der Waals surface area (Å²) in [6.07, 6.45) is 3.58. The minimum Gasteiger partial charge on any atom is -0.462 e. The van der Waals surface area contributed by atoms with Crippen LogP contribution in [0.15, 0.2) is 46.8 Å². The van der Waals surface area contributed by atoms with E-state index in [0.717, 1.165) is 6.42 Å². The fraction of sp³-hybridized carbons (Fsp3) is 0.176. The van der Waals surface area contributed by atoms with Gasteiger partial charge in [0.1, 0.15) is 5.56 Å². The van der Waals surface area contributed by atoms with Crippen LogP contribution < -0.4 is 10.9 Å². The SMILES string of the molecule is CCCOC(=O)c1ccc(NC(=O)c2cnc3sccn3c2=O)cc1. The molecule has 0 unspecified atom stereocenters. The van der Waals surface area contributed by atoms with Crippen molar-refractivity contribution in [2.45, 2.75) is 13.3 Å². The zero-order valence-electron chi connectivity index (χ0n) is 13.4. The molecule has 2 heterocycles. The lowest BCUT2D eigenvalue weighted by atomic mass is 10.2. The molecule has 0 bridgehead atoms. The molecule has 1 aromatic carbocycles. The Morgan fingerprint density at radius 2 is 2.04 bits per heavy atom. The minimum absolute atomic E-state index is 0.0534. The van der Waals surface area contributed by atoms with Crippen molar-refractivity contribution in [2.75, 3.05) is 11.9 Å². The van der Waals surface area contributed by atoms with Crippen LogP contribution in [0.3, 0.4) is 0 Å². The number of fused-ring (bicyclic) bond motifs is 1. The monoisotopic (exact) mass is 357 g/mol. The Balaban J connectivity index is 1.75. The van der Waals surface area contributed by atoms with Crippen LogP contribution in [0, 0.1) is 0 Å². The van der Waals surface area contributed by atoms with Crippen LogP contribution in [0.1, 0.15) is 34.1 Å². The van der Waals surface area contributed by atoms with Crippen molar-refractivity contribution < 1.29 is 14.3 Å². The first-order valence-electron chi connectivity index (χ1n) is 7.63. The highest BCUT2D eigenvalue weighted by molar-refractivity contribution is 7.15. The average molecular weight is 357 g/mol. The molecule has 3 rings (SSSR count). The molecule has 0 saturated carbocycles. The number of rotatable bonds is 5. The Morgan fingerprint density at radius 1 is 1.28 bits per heavy atom. The van der Waals surface area contributed by atoms with Gasteiger partial charge in [-0.25, -0.2) is 9.78 Å². The van der Waals surface area contributed by atoms with Crippen LogP contribution in [-0.2, 0) is 4.74 Å². The Labute approximate surface area is 146 Å². The Morgan fingerprint density at radius 3 is 2.76 bits per heavy atom. The van der Waals surface area contributed by atoms with Gasteiger partial charge in [-0.2, -0.15) is 0 Å². The van der Waals surface area contributed by atoms with E-state index in [2.05, 4.69) is 10.3 Å². The first-order chi connectivity index (χ1) is 12.1. The summed E-state index contributed by atoms with van der Waals surface area (Å²) in [5.74, 6) is -0.968. The number of thiazole rings is 1. The van der Waals surface area contributed by atoms with Crippen LogP contribution in [0.2, 0.25) is 0 Å². The van der Waals surface area contributed by atoms with Gasteiger partial charge < -0.3 is 10.1 Å². The topological polar surface area (TPSA) is 89.8 Å². The van der Waals surface area contributed by atoms with Crippen LogP contribution in [0.25, 0.3) is 4.96 Å². The van der Waals surface area contributed by atoms with Crippen LogP contribution in [0.5, 0.6) is 0 Å². The first-order valence-corrected chi connectivity index (χ1v) is 8.51. The molecule has 0 radical (unpaired) electrons. The maximum atomic E-state index is 12.3. The van der Waals surface area contributed by atoms with E-state index in [4.69, 9.17) is 4.74 Å². The number of nitrogens with zero attached hydrogens (tertiary/aromatic N) is 2. The van der Waals surface area contributed by atoms with E-state index < -0.39 is 17.4 Å². The van der Waals surface area contributed by atoms with Gasteiger partial charge in [-0.15, -0.1) is 11.3 Å². The van der Waals surface area contributed by atoms with Crippen LogP contribution in [0.4, 0.5) is 5.69 Å². The summed E-state index contributed by atoms with van der Waals surface area (Å²) in [7, 11) is 0. The second kappa shape index (κ2) is 7.27. The number of esters is 1. The number of hydrogen-bond donors (Lipinski definition) is 1. The highest BCUT2D eigenvalue weighted by Gasteiger charge is 2.14. The highest BCUT2D eigenvalue weighted by Crippen LogP contribution is 2.12. The highest BCUT2D eigenvalue weighted by atomic mass is 32.1. The normalized spacial score (nSPS) is 10.6. The van der Waals surface area contributed by atoms with E-state index in [1.54, 1.807) is 35.8 Å². The van der Waals surface area contributed by atoms with Gasteiger partial charge in [0.15, 0.2) is 4.96 Å². The summed E-state index contributed by atoms with van der Waals surface area (Å²) in [6.45, 7) is 2.27. The van der Waals surface area contributed by atoms with Crippen molar-refractivity contribution in [3.63, 3.8) is 0 Å². The quantitative estimate of drug-likeness (QED) is 0.709. The maximum absolute atomic E-state index is 12.3. The van der Waals surface area contributed by atoms with Crippen molar-refractivity contribution in [3.8, 4) is 0 Å². The van der Waals surface area contributed by atoms with Gasteiger partial charge in [0.2, 0.25) is 0 Å². The van der Waals surface area contributed by atoms with E-state index in [1.807, 2.05) is 6.92 Å². The molecule has 0 aliphatic carbocycles. The summed E-state index contributed by atoms with van der Waals surface area (Å²) < 4.78 is 6.36. The van der Waals surface area contributed by atoms with Gasteiger partial charge in [0.05, 0.1) is 12.2 Å². The molecule has 0 aliphatic heterocycles. The van der Waals surface area contributed by atoms with E-state index >= 15 is 0 Å². The first kappa shape index (κ1) is 16.8. The van der Waals surface area contributed by atoms with Gasteiger partial charge in [0, 0.05) is 23.5 Å². The lowest BCUT2D eigenvalue weighted by Gasteiger charge is -2.06. The number of hydrogen-bond acceptors (Lipinski definition) is 6. The number of benzene rings is 1. The number of amides is 1. The third kappa shape index (κ3) is 3.58. The van der Waals surface area contributed by atoms with Crippen LogP contribution in [-0.4, -0.2) is 27.9 Å². The maximum Gasteiger partial charge on any atom is 0.338 e. The molecule has 2 aromatic heterocycles. The van der Waals surface area contributed by atoms with E-state index in [0.29, 0.717) is 22.8 Å². The summed E-state index contributed by atoms with van der Waals surface area (Å²) in [5.41, 5.74) is 0.380. The second-order valence-corrected chi connectivity index (χ2v) is 6.07. The fourth-order valence-corrected chi connectivity index (χ4v) is 2.82. The third-order valence-corrected chi connectivity index (χ3v) is 4.17. The molecule has 8 heteroatoms. The smallest absolute Gasteiger partial charge is 0.338 e. The Kier molecular flexibility index (Phi) is 4.90. The summed E-state index contributed by atoms with van der Waals surface area (Å²) in [4.78, 5) is 40.9. The summed E-state index contributed by atoms with van der Waals surface area (Å²) in [6, 6.07) is 6.27. The molecule has 1 N–H and O–H groups in total. The number of carbonyl (C=O) groups is 2. The van der Waals surface area contributed by atoms with Gasteiger partial charge in [0.25, 0.3) is 11.5 Å². The molecule has 0 aliphatic rings. The minimum atomic E-state index is -0.556. The number of aromatic nitrogens is 2. The van der Waals surface area contributed by atoms with Gasteiger partial charge >= 0.3 is 5.97 Å². The van der Waals surface area contributed by atoms with Gasteiger partial charge in [-0.1, -0.05) is 6.92 Å². The van der Waals surface area contributed by atoms with Crippen LogP contribution >= 0.6 is 11.3 Å². The molecule has 0 spiro atoms. The molecule has 128 valence electrons. The lowest BCUT2D eigenvalue weighted by Crippen LogP contribution is -2.25. The van der Waals surface area contributed by atoms with Gasteiger partial charge in [-0.05, 0) is 30.7 Å². The van der Waals surface area contributed by atoms with E-state index in [1.165, 1.54) is 21.9 Å². The molecule has 0 fully saturated rings.